The molecule has 0 radical (unpaired) electrons. The minimum atomic E-state index is -3.48. The van der Waals surface area contributed by atoms with Crippen molar-refractivity contribution in [2.75, 3.05) is 16.5 Å². The highest BCUT2D eigenvalue weighted by Gasteiger charge is 2.40. The molecule has 0 fully saturated rings. The van der Waals surface area contributed by atoms with Gasteiger partial charge in [0.1, 0.15) is 6.04 Å². The molecule has 2 atom stereocenters. The monoisotopic (exact) mass is 454 g/mol. The topological polar surface area (TPSA) is 83.6 Å². The molecule has 2 aromatic rings. The van der Waals surface area contributed by atoms with Crippen molar-refractivity contribution in [1.82, 2.24) is 0 Å². The van der Waals surface area contributed by atoms with E-state index >= 15 is 0 Å². The van der Waals surface area contributed by atoms with Crippen LogP contribution in [-0.2, 0) is 14.6 Å². The second-order valence-electron chi connectivity index (χ2n) is 7.07. The van der Waals surface area contributed by atoms with Gasteiger partial charge in [-0.1, -0.05) is 43.5 Å². The second-order valence-corrected chi connectivity index (χ2v) is 9.93. The van der Waals surface area contributed by atoms with Crippen LogP contribution in [-0.4, -0.2) is 32.5 Å². The molecule has 2 unspecified atom stereocenters. The summed E-state index contributed by atoms with van der Waals surface area (Å²) < 4.78 is 23.8. The van der Waals surface area contributed by atoms with E-state index < -0.39 is 21.8 Å². The van der Waals surface area contributed by atoms with Crippen molar-refractivity contribution in [2.45, 2.75) is 31.2 Å². The molecule has 9 heteroatoms. The van der Waals surface area contributed by atoms with Crippen molar-refractivity contribution < 1.29 is 18.0 Å². The second kappa shape index (κ2) is 7.97. The summed E-state index contributed by atoms with van der Waals surface area (Å²) in [5, 5.41) is 3.31. The zero-order valence-corrected chi connectivity index (χ0v) is 18.4. The van der Waals surface area contributed by atoms with Crippen molar-refractivity contribution in [3.8, 4) is 0 Å². The van der Waals surface area contributed by atoms with E-state index in [9.17, 15) is 18.0 Å². The highest BCUT2D eigenvalue weighted by molar-refractivity contribution is 7.90. The standard InChI is InChI=1S/C20H20Cl2N2O4S/c1-4-11(2)18-19(25)23-16-10-13(29(3,27)28)6-8-17(16)24(18)20(26)14-7-5-12(21)9-15(14)22/h5-11,18H,4H2,1-3H3,(H,23,25). The van der Waals surface area contributed by atoms with E-state index in [1.807, 2.05) is 13.8 Å². The predicted molar refractivity (Wildman–Crippen MR) is 115 cm³/mol. The van der Waals surface area contributed by atoms with Crippen LogP contribution in [0.1, 0.15) is 30.6 Å². The molecule has 1 aliphatic heterocycles. The van der Waals surface area contributed by atoms with E-state index in [1.165, 1.54) is 35.2 Å². The summed E-state index contributed by atoms with van der Waals surface area (Å²) in [6.45, 7) is 3.81. The summed E-state index contributed by atoms with van der Waals surface area (Å²) in [6.07, 6.45) is 1.74. The fraction of sp³-hybridized carbons (Fsp3) is 0.300. The van der Waals surface area contributed by atoms with Gasteiger partial charge >= 0.3 is 0 Å². The molecule has 1 aliphatic rings. The normalized spacial score (nSPS) is 17.5. The van der Waals surface area contributed by atoms with Crippen LogP contribution in [0.25, 0.3) is 0 Å². The van der Waals surface area contributed by atoms with Gasteiger partial charge in [-0.15, -0.1) is 0 Å². The van der Waals surface area contributed by atoms with E-state index in [0.717, 1.165) is 6.26 Å². The van der Waals surface area contributed by atoms with Crippen molar-refractivity contribution in [2.24, 2.45) is 5.92 Å². The first kappa shape index (κ1) is 21.6. The zero-order valence-electron chi connectivity index (χ0n) is 16.1. The Balaban J connectivity index is 2.19. The number of fused-ring (bicyclic) bond motifs is 1. The molecule has 0 aliphatic carbocycles. The summed E-state index contributed by atoms with van der Waals surface area (Å²) in [7, 11) is -3.48. The summed E-state index contributed by atoms with van der Waals surface area (Å²) >= 11 is 12.2. The molecule has 29 heavy (non-hydrogen) atoms. The Morgan fingerprint density at radius 1 is 1.21 bits per heavy atom. The fourth-order valence-corrected chi connectivity index (χ4v) is 4.43. The minimum absolute atomic E-state index is 0.0514. The van der Waals surface area contributed by atoms with Gasteiger partial charge in [0.15, 0.2) is 9.84 Å². The lowest BCUT2D eigenvalue weighted by atomic mass is 9.93. The minimum Gasteiger partial charge on any atom is -0.322 e. The highest BCUT2D eigenvalue weighted by atomic mass is 35.5. The number of hydrogen-bond donors (Lipinski definition) is 1. The first-order valence-electron chi connectivity index (χ1n) is 8.98. The molecule has 2 amide bonds. The zero-order chi connectivity index (χ0) is 21.5. The molecule has 3 rings (SSSR count). The summed E-state index contributed by atoms with van der Waals surface area (Å²) in [6, 6.07) is 8.07. The van der Waals surface area contributed by atoms with Gasteiger partial charge in [0.2, 0.25) is 5.91 Å². The lowest BCUT2D eigenvalue weighted by Gasteiger charge is -2.39. The Labute approximate surface area is 179 Å². The van der Waals surface area contributed by atoms with Gasteiger partial charge in [0.25, 0.3) is 5.91 Å². The lowest BCUT2D eigenvalue weighted by Crippen LogP contribution is -2.54. The Hall–Kier alpha value is -2.09. The Morgan fingerprint density at radius 3 is 2.48 bits per heavy atom. The number of nitrogens with one attached hydrogen (secondary N) is 1. The molecule has 154 valence electrons. The van der Waals surface area contributed by atoms with Crippen LogP contribution in [0.15, 0.2) is 41.3 Å². The number of benzene rings is 2. The smallest absolute Gasteiger partial charge is 0.260 e. The van der Waals surface area contributed by atoms with Gasteiger partial charge in [-0.05, 0) is 42.3 Å². The summed E-state index contributed by atoms with van der Waals surface area (Å²) in [5.74, 6) is -0.983. The molecule has 0 spiro atoms. The third kappa shape index (κ3) is 4.13. The van der Waals surface area contributed by atoms with E-state index in [0.29, 0.717) is 17.1 Å². The van der Waals surface area contributed by atoms with Crippen LogP contribution >= 0.6 is 23.2 Å². The first-order chi connectivity index (χ1) is 13.5. The van der Waals surface area contributed by atoms with Crippen LogP contribution in [0.5, 0.6) is 0 Å². The number of amides is 2. The van der Waals surface area contributed by atoms with Crippen LogP contribution in [0.3, 0.4) is 0 Å². The SMILES string of the molecule is CCC(C)C1C(=O)Nc2cc(S(C)(=O)=O)ccc2N1C(=O)c1ccc(Cl)cc1Cl. The molecule has 6 nitrogen and oxygen atoms in total. The maximum absolute atomic E-state index is 13.5. The number of hydrogen-bond acceptors (Lipinski definition) is 4. The molecule has 0 saturated carbocycles. The van der Waals surface area contributed by atoms with Gasteiger partial charge in [-0.25, -0.2) is 8.42 Å². The van der Waals surface area contributed by atoms with Gasteiger partial charge in [0, 0.05) is 11.3 Å². The molecule has 0 bridgehead atoms. The van der Waals surface area contributed by atoms with E-state index in [2.05, 4.69) is 5.32 Å². The van der Waals surface area contributed by atoms with E-state index in [4.69, 9.17) is 23.2 Å². The Morgan fingerprint density at radius 2 is 1.90 bits per heavy atom. The number of anilines is 2. The average Bonchev–Trinajstić information content (AvgIpc) is 2.64. The Kier molecular flexibility index (Phi) is 5.94. The molecular formula is C20H20Cl2N2O4S. The van der Waals surface area contributed by atoms with Crippen molar-refractivity contribution in [3.05, 3.63) is 52.0 Å². The molecule has 0 aromatic heterocycles. The average molecular weight is 455 g/mol. The largest absolute Gasteiger partial charge is 0.322 e. The third-order valence-electron chi connectivity index (χ3n) is 5.02. The quantitative estimate of drug-likeness (QED) is 0.741. The molecular weight excluding hydrogens is 435 g/mol. The van der Waals surface area contributed by atoms with Crippen LogP contribution in [0, 0.1) is 5.92 Å². The molecule has 2 aromatic carbocycles. The number of carbonyl (C=O) groups is 2. The summed E-state index contributed by atoms with van der Waals surface area (Å²) in [4.78, 5) is 27.8. The highest BCUT2D eigenvalue weighted by Crippen LogP contribution is 2.38. The van der Waals surface area contributed by atoms with E-state index in [-0.39, 0.29) is 33.0 Å². The van der Waals surface area contributed by atoms with Gasteiger partial charge < -0.3 is 5.32 Å². The molecule has 1 N–H and O–H groups in total. The number of nitrogens with zero attached hydrogens (tertiary/aromatic N) is 1. The summed E-state index contributed by atoms with van der Waals surface area (Å²) in [5.41, 5.74) is 0.881. The van der Waals surface area contributed by atoms with Crippen LogP contribution < -0.4 is 10.2 Å². The number of carbonyl (C=O) groups excluding carboxylic acids is 2. The van der Waals surface area contributed by atoms with Gasteiger partial charge in [-0.3, -0.25) is 14.5 Å². The Bertz CT molecular complexity index is 1100. The van der Waals surface area contributed by atoms with Gasteiger partial charge in [0.05, 0.1) is 26.9 Å². The maximum atomic E-state index is 13.5. The van der Waals surface area contributed by atoms with Crippen molar-refractivity contribution in [1.29, 1.82) is 0 Å². The predicted octanol–water partition coefficient (Wildman–Crippen LogP) is 4.41. The molecule has 1 heterocycles. The van der Waals surface area contributed by atoms with Gasteiger partial charge in [-0.2, -0.15) is 0 Å². The number of sulfone groups is 1. The first-order valence-corrected chi connectivity index (χ1v) is 11.6. The fourth-order valence-electron chi connectivity index (χ4n) is 3.29. The van der Waals surface area contributed by atoms with Crippen LogP contribution in [0.4, 0.5) is 11.4 Å². The van der Waals surface area contributed by atoms with Crippen LogP contribution in [0.2, 0.25) is 10.0 Å². The third-order valence-corrected chi connectivity index (χ3v) is 6.68. The van der Waals surface area contributed by atoms with Crippen molar-refractivity contribution in [3.63, 3.8) is 0 Å². The lowest BCUT2D eigenvalue weighted by molar-refractivity contribution is -0.118. The van der Waals surface area contributed by atoms with E-state index in [1.54, 1.807) is 6.07 Å². The number of rotatable bonds is 4. The van der Waals surface area contributed by atoms with Crippen molar-refractivity contribution >= 4 is 56.2 Å². The molecule has 0 saturated heterocycles. The maximum Gasteiger partial charge on any atom is 0.260 e. The number of halogens is 2.